The van der Waals surface area contributed by atoms with Gasteiger partial charge in [0.15, 0.2) is 5.38 Å². The summed E-state index contributed by atoms with van der Waals surface area (Å²) in [6.07, 6.45) is -3.13. The monoisotopic (exact) mass is 243 g/mol. The van der Waals surface area contributed by atoms with Crippen molar-refractivity contribution in [3.63, 3.8) is 0 Å². The largest absolute Gasteiger partial charge is 0.409 e. The summed E-state index contributed by atoms with van der Waals surface area (Å²) in [6, 6.07) is 1.28. The molecule has 0 aliphatic rings. The molecule has 0 bridgehead atoms. The van der Waals surface area contributed by atoms with Gasteiger partial charge in [0, 0.05) is 11.8 Å². The van der Waals surface area contributed by atoms with Gasteiger partial charge in [-0.2, -0.15) is 13.2 Å². The molecule has 0 saturated heterocycles. The zero-order valence-electron chi connectivity index (χ0n) is 7.07. The fraction of sp³-hybridized carbons (Fsp3) is 0.375. The first-order valence-corrected chi connectivity index (χ1v) is 4.46. The quantitative estimate of drug-likeness (QED) is 0.539. The predicted molar refractivity (Wildman–Crippen MR) is 48.6 cm³/mol. The molecule has 0 aromatic carbocycles. The number of rotatable bonds is 1. The van der Waals surface area contributed by atoms with Gasteiger partial charge in [0.25, 0.3) is 0 Å². The van der Waals surface area contributed by atoms with Crippen LogP contribution in [-0.4, -0.2) is 11.2 Å². The van der Waals surface area contributed by atoms with Gasteiger partial charge in [-0.1, -0.05) is 11.6 Å². The highest BCUT2D eigenvalue weighted by Gasteiger charge is 2.40. The van der Waals surface area contributed by atoms with Gasteiger partial charge in [-0.15, -0.1) is 11.6 Å². The maximum Gasteiger partial charge on any atom is 0.409 e. The SMILES string of the molecule is Cc1cnc(Cl)c(C(Cl)C(F)(F)F)c1. The van der Waals surface area contributed by atoms with Crippen LogP contribution in [-0.2, 0) is 0 Å². The lowest BCUT2D eigenvalue weighted by atomic mass is 10.1. The van der Waals surface area contributed by atoms with Crippen molar-refractivity contribution in [1.29, 1.82) is 0 Å². The van der Waals surface area contributed by atoms with Gasteiger partial charge in [-0.3, -0.25) is 0 Å². The van der Waals surface area contributed by atoms with Crippen LogP contribution in [0.25, 0.3) is 0 Å². The second-order valence-corrected chi connectivity index (χ2v) is 3.59. The van der Waals surface area contributed by atoms with E-state index in [2.05, 4.69) is 4.98 Å². The molecule has 0 radical (unpaired) electrons. The van der Waals surface area contributed by atoms with E-state index in [1.165, 1.54) is 12.3 Å². The van der Waals surface area contributed by atoms with Crippen LogP contribution in [0.5, 0.6) is 0 Å². The van der Waals surface area contributed by atoms with Gasteiger partial charge >= 0.3 is 6.18 Å². The summed E-state index contributed by atoms with van der Waals surface area (Å²) in [4.78, 5) is 3.59. The number of hydrogen-bond acceptors (Lipinski definition) is 1. The molecule has 1 atom stereocenters. The molecule has 1 heterocycles. The Morgan fingerprint density at radius 1 is 1.43 bits per heavy atom. The molecule has 14 heavy (non-hydrogen) atoms. The van der Waals surface area contributed by atoms with Gasteiger partial charge in [-0.25, -0.2) is 4.98 Å². The van der Waals surface area contributed by atoms with E-state index in [-0.39, 0.29) is 10.7 Å². The van der Waals surface area contributed by atoms with Crippen LogP contribution in [0.4, 0.5) is 13.2 Å². The van der Waals surface area contributed by atoms with Crippen LogP contribution in [0.1, 0.15) is 16.5 Å². The predicted octanol–water partition coefficient (Wildman–Crippen LogP) is 3.89. The molecule has 1 rings (SSSR count). The molecule has 6 heteroatoms. The molecule has 0 aliphatic carbocycles. The van der Waals surface area contributed by atoms with E-state index in [1.54, 1.807) is 6.92 Å². The Balaban J connectivity index is 3.12. The summed E-state index contributed by atoms with van der Waals surface area (Å²) < 4.78 is 36.7. The number of aryl methyl sites for hydroxylation is 1. The molecule has 0 saturated carbocycles. The molecule has 0 N–H and O–H groups in total. The van der Waals surface area contributed by atoms with E-state index in [4.69, 9.17) is 23.2 Å². The maximum absolute atomic E-state index is 12.2. The van der Waals surface area contributed by atoms with Crippen molar-refractivity contribution >= 4 is 23.2 Å². The molecule has 0 fully saturated rings. The fourth-order valence-electron chi connectivity index (χ4n) is 0.929. The lowest BCUT2D eigenvalue weighted by Crippen LogP contribution is -2.16. The molecule has 0 aliphatic heterocycles. The van der Waals surface area contributed by atoms with Crippen molar-refractivity contribution in [2.45, 2.75) is 18.5 Å². The summed E-state index contributed by atoms with van der Waals surface area (Å²) >= 11 is 10.7. The van der Waals surface area contributed by atoms with Crippen molar-refractivity contribution in [1.82, 2.24) is 4.98 Å². The highest BCUT2D eigenvalue weighted by atomic mass is 35.5. The first-order valence-electron chi connectivity index (χ1n) is 3.65. The van der Waals surface area contributed by atoms with Gasteiger partial charge in [0.1, 0.15) is 5.15 Å². The summed E-state index contributed by atoms with van der Waals surface area (Å²) in [6.45, 7) is 1.62. The number of aromatic nitrogens is 1. The molecule has 0 spiro atoms. The average molecular weight is 244 g/mol. The van der Waals surface area contributed by atoms with Crippen molar-refractivity contribution in [2.75, 3.05) is 0 Å². The maximum atomic E-state index is 12.2. The molecule has 78 valence electrons. The molecule has 1 aromatic rings. The van der Waals surface area contributed by atoms with Gasteiger partial charge in [0.05, 0.1) is 0 Å². The Labute approximate surface area is 88.8 Å². The Morgan fingerprint density at radius 3 is 2.50 bits per heavy atom. The zero-order valence-corrected chi connectivity index (χ0v) is 8.58. The number of halogens is 5. The topological polar surface area (TPSA) is 12.9 Å². The van der Waals surface area contributed by atoms with E-state index in [9.17, 15) is 13.2 Å². The molecular weight excluding hydrogens is 238 g/mol. The minimum absolute atomic E-state index is 0.208. The van der Waals surface area contributed by atoms with Crippen molar-refractivity contribution in [3.8, 4) is 0 Å². The van der Waals surface area contributed by atoms with Crippen molar-refractivity contribution in [3.05, 3.63) is 28.5 Å². The summed E-state index contributed by atoms with van der Waals surface area (Å²) in [5, 5.41) is -2.32. The Kier molecular flexibility index (Phi) is 3.27. The standard InChI is InChI=1S/C8H6Cl2F3N/c1-4-2-5(7(10)14-3-4)6(9)8(11,12)13/h2-3,6H,1H3. The molecule has 1 unspecified atom stereocenters. The summed E-state index contributed by atoms with van der Waals surface area (Å²) in [5.41, 5.74) is 0.375. The minimum atomic E-state index is -4.51. The fourth-order valence-corrected chi connectivity index (χ4v) is 1.36. The smallest absolute Gasteiger partial charge is 0.244 e. The number of pyridine rings is 1. The Hall–Kier alpha value is -0.480. The van der Waals surface area contributed by atoms with Crippen LogP contribution in [0.2, 0.25) is 5.15 Å². The van der Waals surface area contributed by atoms with E-state index >= 15 is 0 Å². The molecule has 1 nitrogen and oxygen atoms in total. The first kappa shape index (κ1) is 11.6. The summed E-state index contributed by atoms with van der Waals surface area (Å²) in [7, 11) is 0. The second-order valence-electron chi connectivity index (χ2n) is 2.80. The second kappa shape index (κ2) is 3.95. The van der Waals surface area contributed by atoms with Crippen molar-refractivity contribution < 1.29 is 13.2 Å². The highest BCUT2D eigenvalue weighted by molar-refractivity contribution is 6.31. The molecule has 1 aromatic heterocycles. The van der Waals surface area contributed by atoms with E-state index in [1.807, 2.05) is 0 Å². The van der Waals surface area contributed by atoms with Crippen LogP contribution in [0, 0.1) is 6.92 Å². The first-order chi connectivity index (χ1) is 6.32. The Bertz CT molecular complexity index is 338. The number of nitrogens with zero attached hydrogens (tertiary/aromatic N) is 1. The lowest BCUT2D eigenvalue weighted by molar-refractivity contribution is -0.131. The van der Waals surface area contributed by atoms with Gasteiger partial charge in [-0.05, 0) is 18.6 Å². The van der Waals surface area contributed by atoms with Crippen LogP contribution >= 0.6 is 23.2 Å². The number of alkyl halides is 4. The highest BCUT2D eigenvalue weighted by Crippen LogP contribution is 2.40. The van der Waals surface area contributed by atoms with Crippen LogP contribution < -0.4 is 0 Å². The lowest BCUT2D eigenvalue weighted by Gasteiger charge is -2.14. The third-order valence-electron chi connectivity index (χ3n) is 1.56. The van der Waals surface area contributed by atoms with Gasteiger partial charge in [0.2, 0.25) is 0 Å². The molecule has 0 amide bonds. The van der Waals surface area contributed by atoms with Crippen LogP contribution in [0.15, 0.2) is 12.3 Å². The normalized spacial score (nSPS) is 14.1. The van der Waals surface area contributed by atoms with E-state index in [0.29, 0.717) is 5.56 Å². The number of hydrogen-bond donors (Lipinski definition) is 0. The molecular formula is C8H6Cl2F3N. The summed E-state index contributed by atoms with van der Waals surface area (Å²) in [5.74, 6) is 0. The van der Waals surface area contributed by atoms with Crippen LogP contribution in [0.3, 0.4) is 0 Å². The van der Waals surface area contributed by atoms with E-state index < -0.39 is 11.6 Å². The Morgan fingerprint density at radius 2 is 2.00 bits per heavy atom. The van der Waals surface area contributed by atoms with Gasteiger partial charge < -0.3 is 0 Å². The third-order valence-corrected chi connectivity index (χ3v) is 2.36. The third kappa shape index (κ3) is 2.51. The average Bonchev–Trinajstić information content (AvgIpc) is 2.06. The minimum Gasteiger partial charge on any atom is -0.244 e. The van der Waals surface area contributed by atoms with Crippen molar-refractivity contribution in [2.24, 2.45) is 0 Å². The van der Waals surface area contributed by atoms with E-state index in [0.717, 1.165) is 0 Å². The zero-order chi connectivity index (χ0) is 10.9.